The molecule has 0 amide bonds. The molecule has 2 unspecified atom stereocenters. The molecule has 2 aromatic heterocycles. The molecule has 0 saturated heterocycles. The molecule has 12 rings (SSSR count). The van der Waals surface area contributed by atoms with Gasteiger partial charge in [-0.05, 0) is 90.7 Å². The van der Waals surface area contributed by atoms with Crippen molar-refractivity contribution in [2.45, 2.75) is 25.2 Å². The summed E-state index contributed by atoms with van der Waals surface area (Å²) in [6.07, 6.45) is 8.58. The van der Waals surface area contributed by atoms with Gasteiger partial charge in [0, 0.05) is 44.7 Å². The van der Waals surface area contributed by atoms with Crippen molar-refractivity contribution in [1.82, 2.24) is 15.0 Å². The zero-order valence-corrected chi connectivity index (χ0v) is 35.7. The topological polar surface area (TPSA) is 51.8 Å². The lowest BCUT2D eigenvalue weighted by Gasteiger charge is -2.26. The van der Waals surface area contributed by atoms with Crippen molar-refractivity contribution in [3.05, 3.63) is 217 Å². The molecule has 2 aliphatic rings. The largest absolute Gasteiger partial charge is 0.456 e. The number of allylic oxidation sites excluding steroid dienone is 3. The summed E-state index contributed by atoms with van der Waals surface area (Å²) in [5.41, 5.74) is 16.4. The molecule has 0 aliphatic heterocycles. The third-order valence-corrected chi connectivity index (χ3v) is 13.7. The second kappa shape index (κ2) is 14.6. The second-order valence-corrected chi connectivity index (χ2v) is 17.5. The van der Waals surface area contributed by atoms with Crippen LogP contribution in [0.3, 0.4) is 0 Å². The fraction of sp³-hybridized carbons (Fsp3) is 0.0833. The van der Waals surface area contributed by atoms with Crippen LogP contribution in [0.25, 0.3) is 106 Å². The molecule has 304 valence electrons. The van der Waals surface area contributed by atoms with Crippen LogP contribution >= 0.6 is 0 Å². The van der Waals surface area contributed by atoms with E-state index in [1.54, 1.807) is 0 Å². The first-order valence-electron chi connectivity index (χ1n) is 22.0. The van der Waals surface area contributed by atoms with E-state index in [-0.39, 0.29) is 17.3 Å². The third kappa shape index (κ3) is 5.79. The quantitative estimate of drug-likeness (QED) is 0.150. The van der Waals surface area contributed by atoms with Gasteiger partial charge < -0.3 is 4.42 Å². The van der Waals surface area contributed by atoms with Gasteiger partial charge in [0.15, 0.2) is 17.5 Å². The average Bonchev–Trinajstić information content (AvgIpc) is 3.84. The molecule has 0 saturated carbocycles. The van der Waals surface area contributed by atoms with Gasteiger partial charge in [0.2, 0.25) is 0 Å². The Balaban J connectivity index is 0.995. The van der Waals surface area contributed by atoms with E-state index in [4.69, 9.17) is 19.4 Å². The molecule has 0 bridgehead atoms. The highest BCUT2D eigenvalue weighted by atomic mass is 16.3. The smallest absolute Gasteiger partial charge is 0.164 e. The van der Waals surface area contributed by atoms with Crippen LogP contribution in [-0.2, 0) is 5.41 Å². The van der Waals surface area contributed by atoms with Gasteiger partial charge in [-0.3, -0.25) is 0 Å². The third-order valence-electron chi connectivity index (χ3n) is 13.7. The van der Waals surface area contributed by atoms with Crippen molar-refractivity contribution in [1.29, 1.82) is 0 Å². The van der Waals surface area contributed by atoms with E-state index < -0.39 is 0 Å². The summed E-state index contributed by atoms with van der Waals surface area (Å²) in [7, 11) is 0. The van der Waals surface area contributed by atoms with E-state index in [9.17, 15) is 0 Å². The summed E-state index contributed by atoms with van der Waals surface area (Å²) in [6, 6.07) is 58.1. The summed E-state index contributed by atoms with van der Waals surface area (Å²) in [4.78, 5) is 15.6. The van der Waals surface area contributed by atoms with E-state index in [1.807, 2.05) is 30.4 Å². The number of rotatable bonds is 7. The molecule has 64 heavy (non-hydrogen) atoms. The van der Waals surface area contributed by atoms with Gasteiger partial charge in [-0.15, -0.1) is 13.2 Å². The van der Waals surface area contributed by atoms with Crippen LogP contribution in [0, 0.1) is 5.92 Å². The fourth-order valence-corrected chi connectivity index (χ4v) is 10.5. The Bertz CT molecular complexity index is 3590. The molecule has 4 nitrogen and oxygen atoms in total. The number of furan rings is 1. The molecule has 2 atom stereocenters. The van der Waals surface area contributed by atoms with Crippen LogP contribution in [0.15, 0.2) is 200 Å². The van der Waals surface area contributed by atoms with E-state index in [1.165, 1.54) is 49.7 Å². The molecule has 10 aromatic rings. The Kier molecular flexibility index (Phi) is 8.60. The number of benzene rings is 8. The van der Waals surface area contributed by atoms with Crippen LogP contribution in [0.1, 0.15) is 42.0 Å². The van der Waals surface area contributed by atoms with E-state index >= 15 is 0 Å². The predicted octanol–water partition coefficient (Wildman–Crippen LogP) is 15.7. The molecule has 0 fully saturated rings. The predicted molar refractivity (Wildman–Crippen MR) is 265 cm³/mol. The molecule has 8 aromatic carbocycles. The Labute approximate surface area is 372 Å². The fourth-order valence-electron chi connectivity index (χ4n) is 10.5. The lowest BCUT2D eigenvalue weighted by atomic mass is 9.77. The number of hydrogen-bond acceptors (Lipinski definition) is 4. The van der Waals surface area contributed by atoms with Gasteiger partial charge in [0.05, 0.1) is 0 Å². The van der Waals surface area contributed by atoms with Crippen molar-refractivity contribution in [3.8, 4) is 67.5 Å². The first kappa shape index (κ1) is 37.8. The Morgan fingerprint density at radius 3 is 2.03 bits per heavy atom. The number of aromatic nitrogens is 3. The van der Waals surface area contributed by atoms with Crippen molar-refractivity contribution in [2.75, 3.05) is 0 Å². The molecule has 4 heteroatoms. The molecule has 2 aliphatic carbocycles. The molecule has 0 N–H and O–H groups in total. The van der Waals surface area contributed by atoms with Gasteiger partial charge in [0.25, 0.3) is 0 Å². The number of hydrogen-bond donors (Lipinski definition) is 0. The van der Waals surface area contributed by atoms with Crippen LogP contribution in [0.2, 0.25) is 0 Å². The van der Waals surface area contributed by atoms with Gasteiger partial charge in [-0.1, -0.05) is 178 Å². The Hall–Kier alpha value is -7.95. The summed E-state index contributed by atoms with van der Waals surface area (Å²) in [5, 5.41) is 4.59. The highest BCUT2D eigenvalue weighted by Crippen LogP contribution is 2.52. The van der Waals surface area contributed by atoms with Crippen LogP contribution < -0.4 is 0 Å². The maximum Gasteiger partial charge on any atom is 0.164 e. The summed E-state index contributed by atoms with van der Waals surface area (Å²) in [5.74, 6) is 2.34. The first-order valence-corrected chi connectivity index (χ1v) is 22.0. The zero-order valence-electron chi connectivity index (χ0n) is 35.7. The van der Waals surface area contributed by atoms with Crippen LogP contribution in [0.5, 0.6) is 0 Å². The van der Waals surface area contributed by atoms with Crippen molar-refractivity contribution >= 4 is 38.8 Å². The number of fused-ring (bicyclic) bond motifs is 9. The highest BCUT2D eigenvalue weighted by Gasteiger charge is 2.37. The highest BCUT2D eigenvalue weighted by molar-refractivity contribution is 6.14. The van der Waals surface area contributed by atoms with E-state index in [0.29, 0.717) is 17.5 Å². The summed E-state index contributed by atoms with van der Waals surface area (Å²) >= 11 is 0. The SMILES string of the molecule is C=CC1C=Cc2c(ccc3c(-c4ccc5oc6cccc(-c7cccc(-c8nc(-c9ccccc9)nc(-c9cccc%10c9-c9ccccc9C%10(C)C)n8)c7)c6c5c4)cccc23)C1C=C. The van der Waals surface area contributed by atoms with Crippen molar-refractivity contribution < 1.29 is 4.42 Å². The van der Waals surface area contributed by atoms with Crippen molar-refractivity contribution in [3.63, 3.8) is 0 Å². The number of nitrogens with zero attached hydrogens (tertiary/aromatic N) is 3. The minimum Gasteiger partial charge on any atom is -0.456 e. The monoisotopic (exact) mass is 821 g/mol. The maximum absolute atomic E-state index is 6.57. The van der Waals surface area contributed by atoms with E-state index in [2.05, 4.69) is 185 Å². The zero-order chi connectivity index (χ0) is 43.1. The van der Waals surface area contributed by atoms with Crippen molar-refractivity contribution in [2.24, 2.45) is 5.92 Å². The Morgan fingerprint density at radius 2 is 1.17 bits per heavy atom. The summed E-state index contributed by atoms with van der Waals surface area (Å²) in [6.45, 7) is 12.9. The minimum absolute atomic E-state index is 0.148. The van der Waals surface area contributed by atoms with Gasteiger partial charge in [0.1, 0.15) is 11.2 Å². The van der Waals surface area contributed by atoms with Crippen LogP contribution in [0.4, 0.5) is 0 Å². The molecular formula is C60H43N3O. The molecule has 0 spiro atoms. The minimum atomic E-state index is -0.148. The lowest BCUT2D eigenvalue weighted by Crippen LogP contribution is -2.14. The normalized spacial score (nSPS) is 15.8. The standard InChI is InChI=1S/C60H43N3O/c1-5-36-28-30-47-44-23-13-21-42(46(44)32-31-45(47)41(36)6-2)39-29-33-53-50(35-39)56-43(22-15-27-54(56)64-53)38-18-12-19-40(34-38)58-61-57(37-16-8-7-9-17-37)62-59(63-58)49-24-14-26-52-55(49)48-20-10-11-25-51(48)60(52,3)4/h5-36,41H,1-2H2,3-4H3. The molecule has 0 radical (unpaired) electrons. The van der Waals surface area contributed by atoms with Crippen LogP contribution in [-0.4, -0.2) is 15.0 Å². The molecule has 2 heterocycles. The van der Waals surface area contributed by atoms with Gasteiger partial charge in [-0.25, -0.2) is 15.0 Å². The van der Waals surface area contributed by atoms with Gasteiger partial charge in [-0.2, -0.15) is 0 Å². The first-order chi connectivity index (χ1) is 31.4. The average molecular weight is 822 g/mol. The Morgan fingerprint density at radius 1 is 0.500 bits per heavy atom. The molecular weight excluding hydrogens is 779 g/mol. The second-order valence-electron chi connectivity index (χ2n) is 17.5. The van der Waals surface area contributed by atoms with E-state index in [0.717, 1.165) is 55.3 Å². The lowest BCUT2D eigenvalue weighted by molar-refractivity contribution is 0.660. The summed E-state index contributed by atoms with van der Waals surface area (Å²) < 4.78 is 6.57. The maximum atomic E-state index is 6.57. The van der Waals surface area contributed by atoms with Gasteiger partial charge >= 0.3 is 0 Å².